The lowest BCUT2D eigenvalue weighted by Crippen LogP contribution is -2.06. The summed E-state index contributed by atoms with van der Waals surface area (Å²) < 4.78 is 10.6. The van der Waals surface area contributed by atoms with Crippen molar-refractivity contribution in [2.24, 2.45) is 0 Å². The van der Waals surface area contributed by atoms with Gasteiger partial charge in [0.25, 0.3) is 0 Å². The molecule has 0 fully saturated rings. The van der Waals surface area contributed by atoms with Crippen LogP contribution in [0.2, 0.25) is 0 Å². The van der Waals surface area contributed by atoms with Gasteiger partial charge in [0.2, 0.25) is 0 Å². The van der Waals surface area contributed by atoms with Crippen molar-refractivity contribution in [3.05, 3.63) is 34.9 Å². The maximum Gasteiger partial charge on any atom is 0.0723 e. The third-order valence-corrected chi connectivity index (χ3v) is 2.75. The highest BCUT2D eigenvalue weighted by molar-refractivity contribution is 5.35. The smallest absolute Gasteiger partial charge is 0.0723 e. The molecule has 0 aliphatic heterocycles. The van der Waals surface area contributed by atoms with Crippen LogP contribution in [0.1, 0.15) is 36.5 Å². The summed E-state index contributed by atoms with van der Waals surface area (Å²) in [6, 6.07) is 6.44. The Morgan fingerprint density at radius 1 is 1.19 bits per heavy atom. The number of ether oxygens (including phenoxy) is 2. The molecule has 0 N–H and O–H groups in total. The maximum absolute atomic E-state index is 5.61. The molecule has 0 atom stereocenters. The van der Waals surface area contributed by atoms with E-state index in [-0.39, 0.29) is 0 Å². The summed E-state index contributed by atoms with van der Waals surface area (Å²) >= 11 is 0. The van der Waals surface area contributed by atoms with E-state index in [2.05, 4.69) is 39.0 Å². The second kappa shape index (κ2) is 6.66. The van der Waals surface area contributed by atoms with Gasteiger partial charge in [0.05, 0.1) is 19.8 Å². The van der Waals surface area contributed by atoms with E-state index in [0.29, 0.717) is 25.7 Å². The molecule has 0 saturated carbocycles. The summed E-state index contributed by atoms with van der Waals surface area (Å²) in [5.41, 5.74) is 4.02. The van der Waals surface area contributed by atoms with E-state index in [9.17, 15) is 0 Å². The summed E-state index contributed by atoms with van der Waals surface area (Å²) in [6.45, 7) is 8.57. The highest BCUT2D eigenvalue weighted by Crippen LogP contribution is 2.22. The van der Waals surface area contributed by atoms with Gasteiger partial charge in [-0.2, -0.15) is 0 Å². The van der Waals surface area contributed by atoms with Gasteiger partial charge in [0.1, 0.15) is 0 Å². The quantitative estimate of drug-likeness (QED) is 0.688. The van der Waals surface area contributed by atoms with Crippen molar-refractivity contribution in [2.45, 2.75) is 33.3 Å². The van der Waals surface area contributed by atoms with Crippen molar-refractivity contribution < 1.29 is 9.47 Å². The molecule has 0 aliphatic rings. The lowest BCUT2D eigenvalue weighted by atomic mass is 9.94. The average molecular weight is 222 g/mol. The van der Waals surface area contributed by atoms with E-state index in [0.717, 1.165) is 0 Å². The minimum atomic E-state index is 0.543. The van der Waals surface area contributed by atoms with Gasteiger partial charge in [0.15, 0.2) is 0 Å². The molecule has 16 heavy (non-hydrogen) atoms. The largest absolute Gasteiger partial charge is 0.382 e. The van der Waals surface area contributed by atoms with E-state index in [4.69, 9.17) is 9.47 Å². The number of benzene rings is 1. The zero-order valence-electron chi connectivity index (χ0n) is 10.7. The van der Waals surface area contributed by atoms with Gasteiger partial charge < -0.3 is 9.47 Å². The van der Waals surface area contributed by atoms with Crippen molar-refractivity contribution in [1.29, 1.82) is 0 Å². The molecule has 90 valence electrons. The van der Waals surface area contributed by atoms with Gasteiger partial charge in [-0.3, -0.25) is 0 Å². The summed E-state index contributed by atoms with van der Waals surface area (Å²) in [5, 5.41) is 0. The standard InChI is InChI=1S/C14H22O2/c1-11(2)13-7-5-6-12(3)14(13)10-16-9-8-15-4/h5-7,11H,8-10H2,1-4H3. The van der Waals surface area contributed by atoms with Crippen molar-refractivity contribution in [3.63, 3.8) is 0 Å². The Balaban J connectivity index is 2.69. The molecule has 1 aromatic rings. The molecule has 1 aromatic carbocycles. The zero-order chi connectivity index (χ0) is 12.0. The van der Waals surface area contributed by atoms with Crippen molar-refractivity contribution in [3.8, 4) is 0 Å². The maximum atomic E-state index is 5.61. The Hall–Kier alpha value is -0.860. The number of hydrogen-bond donors (Lipinski definition) is 0. The fourth-order valence-electron chi connectivity index (χ4n) is 1.78. The monoisotopic (exact) mass is 222 g/mol. The van der Waals surface area contributed by atoms with Gasteiger partial charge in [-0.05, 0) is 29.5 Å². The molecule has 0 amide bonds. The van der Waals surface area contributed by atoms with Crippen LogP contribution >= 0.6 is 0 Å². The minimum Gasteiger partial charge on any atom is -0.382 e. The van der Waals surface area contributed by atoms with Gasteiger partial charge >= 0.3 is 0 Å². The highest BCUT2D eigenvalue weighted by atomic mass is 16.5. The molecule has 0 unspecified atom stereocenters. The van der Waals surface area contributed by atoms with Gasteiger partial charge in [0, 0.05) is 7.11 Å². The Bertz CT molecular complexity index is 319. The molecule has 0 aliphatic carbocycles. The minimum absolute atomic E-state index is 0.543. The third-order valence-electron chi connectivity index (χ3n) is 2.75. The van der Waals surface area contributed by atoms with Crippen LogP contribution in [0.3, 0.4) is 0 Å². The van der Waals surface area contributed by atoms with Gasteiger partial charge in [-0.25, -0.2) is 0 Å². The van der Waals surface area contributed by atoms with Crippen LogP contribution in [0.5, 0.6) is 0 Å². The van der Waals surface area contributed by atoms with E-state index < -0.39 is 0 Å². The average Bonchev–Trinajstić information content (AvgIpc) is 2.25. The van der Waals surface area contributed by atoms with Crippen LogP contribution in [-0.4, -0.2) is 20.3 Å². The normalized spacial score (nSPS) is 11.1. The first-order valence-electron chi connectivity index (χ1n) is 5.82. The van der Waals surface area contributed by atoms with Crippen molar-refractivity contribution >= 4 is 0 Å². The molecule has 0 radical (unpaired) electrons. The molecular weight excluding hydrogens is 200 g/mol. The Morgan fingerprint density at radius 2 is 1.94 bits per heavy atom. The fourth-order valence-corrected chi connectivity index (χ4v) is 1.78. The summed E-state index contributed by atoms with van der Waals surface area (Å²) in [7, 11) is 1.69. The van der Waals surface area contributed by atoms with E-state index >= 15 is 0 Å². The van der Waals surface area contributed by atoms with Gasteiger partial charge in [-0.1, -0.05) is 32.0 Å². The second-order valence-corrected chi connectivity index (χ2v) is 4.34. The third kappa shape index (κ3) is 3.62. The van der Waals surface area contributed by atoms with Crippen LogP contribution in [0.15, 0.2) is 18.2 Å². The number of rotatable bonds is 6. The van der Waals surface area contributed by atoms with Crippen LogP contribution in [0.4, 0.5) is 0 Å². The Morgan fingerprint density at radius 3 is 2.56 bits per heavy atom. The topological polar surface area (TPSA) is 18.5 Å². The molecule has 2 nitrogen and oxygen atoms in total. The lowest BCUT2D eigenvalue weighted by Gasteiger charge is -2.15. The SMILES string of the molecule is COCCOCc1c(C)cccc1C(C)C. The van der Waals surface area contributed by atoms with Crippen LogP contribution in [-0.2, 0) is 16.1 Å². The highest BCUT2D eigenvalue weighted by Gasteiger charge is 2.08. The number of methoxy groups -OCH3 is 1. The predicted octanol–water partition coefficient (Wildman–Crippen LogP) is 3.28. The molecule has 0 saturated heterocycles. The first-order valence-corrected chi connectivity index (χ1v) is 5.82. The van der Waals surface area contributed by atoms with Gasteiger partial charge in [-0.15, -0.1) is 0 Å². The van der Waals surface area contributed by atoms with Crippen LogP contribution in [0, 0.1) is 6.92 Å². The second-order valence-electron chi connectivity index (χ2n) is 4.34. The van der Waals surface area contributed by atoms with Crippen LogP contribution in [0.25, 0.3) is 0 Å². The molecule has 0 spiro atoms. The van der Waals surface area contributed by atoms with E-state index in [1.165, 1.54) is 16.7 Å². The Labute approximate surface area is 98.6 Å². The first-order chi connectivity index (χ1) is 7.66. The molecule has 0 bridgehead atoms. The van der Waals surface area contributed by atoms with E-state index in [1.54, 1.807) is 7.11 Å². The summed E-state index contributed by atoms with van der Waals surface area (Å²) in [5.74, 6) is 0.543. The first kappa shape index (κ1) is 13.2. The van der Waals surface area contributed by atoms with E-state index in [1.807, 2.05) is 0 Å². The molecular formula is C14H22O2. The fraction of sp³-hybridized carbons (Fsp3) is 0.571. The lowest BCUT2D eigenvalue weighted by molar-refractivity contribution is 0.0611. The van der Waals surface area contributed by atoms with Crippen LogP contribution < -0.4 is 0 Å². The molecule has 0 heterocycles. The molecule has 2 heteroatoms. The summed E-state index contributed by atoms with van der Waals surface area (Å²) in [6.07, 6.45) is 0. The number of hydrogen-bond acceptors (Lipinski definition) is 2. The number of aryl methyl sites for hydroxylation is 1. The van der Waals surface area contributed by atoms with Crippen molar-refractivity contribution in [1.82, 2.24) is 0 Å². The predicted molar refractivity (Wildman–Crippen MR) is 66.8 cm³/mol. The Kier molecular flexibility index (Phi) is 5.50. The summed E-state index contributed by atoms with van der Waals surface area (Å²) in [4.78, 5) is 0. The van der Waals surface area contributed by atoms with Crippen molar-refractivity contribution in [2.75, 3.05) is 20.3 Å². The molecule has 0 aromatic heterocycles. The molecule has 1 rings (SSSR count). The zero-order valence-corrected chi connectivity index (χ0v) is 10.7.